The molecule has 1 aliphatic carbocycles. The van der Waals surface area contributed by atoms with E-state index in [1.807, 2.05) is 0 Å². The summed E-state index contributed by atoms with van der Waals surface area (Å²) >= 11 is 0. The molecular formula is C13H17BN2O. The Morgan fingerprint density at radius 2 is 2.41 bits per heavy atom. The maximum atomic E-state index is 11.1. The normalized spacial score (nSPS) is 18.8. The van der Waals surface area contributed by atoms with Gasteiger partial charge in [-0.1, -0.05) is 12.8 Å². The second-order valence-corrected chi connectivity index (χ2v) is 4.33. The van der Waals surface area contributed by atoms with Crippen LogP contribution in [-0.4, -0.2) is 13.2 Å². The van der Waals surface area contributed by atoms with Crippen molar-refractivity contribution in [3.05, 3.63) is 11.3 Å². The molecule has 4 heteroatoms. The Kier molecular flexibility index (Phi) is 5.36. The zero-order valence-corrected chi connectivity index (χ0v) is 10.5. The summed E-state index contributed by atoms with van der Waals surface area (Å²) in [4.78, 5) is 11.1. The van der Waals surface area contributed by atoms with E-state index in [4.69, 9.17) is 5.26 Å². The molecule has 0 radical (unpaired) electrons. The predicted molar refractivity (Wildman–Crippen MR) is 69.2 cm³/mol. The first-order chi connectivity index (χ1) is 8.15. The van der Waals surface area contributed by atoms with Gasteiger partial charge in [-0.15, -0.1) is 5.92 Å². The Bertz CT molecular complexity index is 423. The van der Waals surface area contributed by atoms with Crippen molar-refractivity contribution in [3.63, 3.8) is 0 Å². The van der Waals surface area contributed by atoms with Crippen LogP contribution in [0, 0.1) is 29.0 Å². The van der Waals surface area contributed by atoms with Gasteiger partial charge in [-0.2, -0.15) is 0 Å². The number of rotatable bonds is 2. The second kappa shape index (κ2) is 6.81. The van der Waals surface area contributed by atoms with E-state index in [1.54, 1.807) is 0 Å². The standard InChI is InChI=1S/C13H17BN2O/c1-10-5-3-6-12(7-4-8-14-9-15)13(10)16-11(2)17/h10,14H,3,5-6,8H2,1-2H3,(H,16,17). The van der Waals surface area contributed by atoms with Crippen LogP contribution >= 0.6 is 0 Å². The smallest absolute Gasteiger partial charge is 0.262 e. The number of hydrogen-bond acceptors (Lipinski definition) is 2. The van der Waals surface area contributed by atoms with Crippen molar-refractivity contribution in [3.8, 4) is 17.8 Å². The van der Waals surface area contributed by atoms with Crippen LogP contribution in [0.5, 0.6) is 0 Å². The van der Waals surface area contributed by atoms with Crippen molar-refractivity contribution in [2.24, 2.45) is 5.92 Å². The number of amides is 1. The lowest BCUT2D eigenvalue weighted by atomic mass is 9.77. The summed E-state index contributed by atoms with van der Waals surface area (Å²) in [5.74, 6) is 8.51. The average molecular weight is 228 g/mol. The molecule has 0 spiro atoms. The van der Waals surface area contributed by atoms with Crippen LogP contribution in [0.15, 0.2) is 11.3 Å². The molecule has 1 N–H and O–H groups in total. The summed E-state index contributed by atoms with van der Waals surface area (Å²) in [5, 5.41) is 11.3. The topological polar surface area (TPSA) is 52.9 Å². The number of hydrogen-bond donors (Lipinski definition) is 1. The third-order valence-corrected chi connectivity index (χ3v) is 2.79. The first-order valence-corrected chi connectivity index (χ1v) is 6.01. The Balaban J connectivity index is 2.82. The fourth-order valence-corrected chi connectivity index (χ4v) is 1.97. The molecule has 1 atom stereocenters. The number of carbonyl (C=O) groups excluding carboxylic acids is 1. The molecule has 0 saturated carbocycles. The van der Waals surface area contributed by atoms with Crippen molar-refractivity contribution in [1.29, 1.82) is 5.26 Å². The fraction of sp³-hybridized carbons (Fsp3) is 0.538. The summed E-state index contributed by atoms with van der Waals surface area (Å²) in [6, 6.07) is 0. The third-order valence-electron chi connectivity index (χ3n) is 2.79. The average Bonchev–Trinajstić information content (AvgIpc) is 2.28. The summed E-state index contributed by atoms with van der Waals surface area (Å²) < 4.78 is 0. The van der Waals surface area contributed by atoms with Crippen LogP contribution in [0.1, 0.15) is 33.1 Å². The van der Waals surface area contributed by atoms with Gasteiger partial charge in [0.2, 0.25) is 5.91 Å². The van der Waals surface area contributed by atoms with Gasteiger partial charge in [-0.05, 0) is 37.5 Å². The molecular weight excluding hydrogens is 211 g/mol. The molecule has 0 aromatic heterocycles. The molecule has 1 unspecified atom stereocenters. The van der Waals surface area contributed by atoms with E-state index >= 15 is 0 Å². The molecule has 0 heterocycles. The van der Waals surface area contributed by atoms with E-state index in [0.29, 0.717) is 19.5 Å². The Hall–Kier alpha value is -1.68. The lowest BCUT2D eigenvalue weighted by Crippen LogP contribution is -2.27. The quantitative estimate of drug-likeness (QED) is 0.442. The van der Waals surface area contributed by atoms with Crippen LogP contribution in [0.25, 0.3) is 0 Å². The van der Waals surface area contributed by atoms with Crippen LogP contribution in [0.3, 0.4) is 0 Å². The van der Waals surface area contributed by atoms with Crippen LogP contribution in [0.4, 0.5) is 0 Å². The Morgan fingerprint density at radius 3 is 3.06 bits per heavy atom. The number of nitrogens with one attached hydrogen (secondary N) is 1. The van der Waals surface area contributed by atoms with E-state index in [0.717, 1.165) is 30.5 Å². The van der Waals surface area contributed by atoms with Crippen molar-refractivity contribution >= 4 is 13.2 Å². The highest BCUT2D eigenvalue weighted by atomic mass is 16.1. The molecule has 1 aliphatic rings. The summed E-state index contributed by atoms with van der Waals surface area (Å²) in [7, 11) is 0.464. The summed E-state index contributed by atoms with van der Waals surface area (Å²) in [6.45, 7) is 3.64. The van der Waals surface area contributed by atoms with Gasteiger partial charge in [0.15, 0.2) is 0 Å². The molecule has 3 nitrogen and oxygen atoms in total. The second-order valence-electron chi connectivity index (χ2n) is 4.33. The first kappa shape index (κ1) is 13.4. The number of allylic oxidation sites excluding steroid dienone is 2. The van der Waals surface area contributed by atoms with Gasteiger partial charge in [-0.3, -0.25) is 4.79 Å². The molecule has 0 saturated heterocycles. The highest BCUT2D eigenvalue weighted by molar-refractivity contribution is 6.45. The molecule has 0 fully saturated rings. The summed E-state index contributed by atoms with van der Waals surface area (Å²) in [6.07, 6.45) is 3.74. The van der Waals surface area contributed by atoms with Crippen molar-refractivity contribution in [2.45, 2.75) is 39.4 Å². The van der Waals surface area contributed by atoms with E-state index in [9.17, 15) is 4.79 Å². The minimum absolute atomic E-state index is 0.0370. The molecule has 17 heavy (non-hydrogen) atoms. The number of carbonyl (C=O) groups is 1. The van der Waals surface area contributed by atoms with Gasteiger partial charge in [0.25, 0.3) is 7.28 Å². The summed E-state index contributed by atoms with van der Waals surface area (Å²) in [5.41, 5.74) is 2.02. The van der Waals surface area contributed by atoms with Gasteiger partial charge >= 0.3 is 0 Å². The first-order valence-electron chi connectivity index (χ1n) is 6.01. The van der Waals surface area contributed by atoms with Crippen molar-refractivity contribution in [1.82, 2.24) is 5.32 Å². The maximum absolute atomic E-state index is 11.1. The van der Waals surface area contributed by atoms with E-state index in [2.05, 4.69) is 30.0 Å². The van der Waals surface area contributed by atoms with E-state index < -0.39 is 0 Å². The minimum atomic E-state index is -0.0370. The molecule has 0 bridgehead atoms. The number of nitrogens with zero attached hydrogens (tertiary/aromatic N) is 1. The molecule has 1 rings (SSSR count). The SMILES string of the molecule is CC(=O)NC1=C(C#CCBC#N)CCCC1C. The highest BCUT2D eigenvalue weighted by Crippen LogP contribution is 2.27. The van der Waals surface area contributed by atoms with Crippen LogP contribution in [0.2, 0.25) is 6.32 Å². The largest absolute Gasteiger partial charge is 0.329 e. The zero-order chi connectivity index (χ0) is 12.7. The highest BCUT2D eigenvalue weighted by Gasteiger charge is 2.19. The van der Waals surface area contributed by atoms with Gasteiger partial charge in [0, 0.05) is 18.2 Å². The van der Waals surface area contributed by atoms with Crippen LogP contribution < -0.4 is 5.32 Å². The maximum Gasteiger partial charge on any atom is 0.262 e. The third kappa shape index (κ3) is 4.37. The molecule has 1 amide bonds. The van der Waals surface area contributed by atoms with Crippen molar-refractivity contribution in [2.75, 3.05) is 0 Å². The fourth-order valence-electron chi connectivity index (χ4n) is 1.97. The lowest BCUT2D eigenvalue weighted by Gasteiger charge is -2.23. The lowest BCUT2D eigenvalue weighted by molar-refractivity contribution is -0.118. The number of nitriles is 1. The molecule has 0 aromatic rings. The molecule has 0 aliphatic heterocycles. The monoisotopic (exact) mass is 228 g/mol. The van der Waals surface area contributed by atoms with Gasteiger partial charge < -0.3 is 5.32 Å². The zero-order valence-electron chi connectivity index (χ0n) is 10.5. The van der Waals surface area contributed by atoms with Gasteiger partial charge in [0.1, 0.15) is 0 Å². The van der Waals surface area contributed by atoms with Crippen LogP contribution in [-0.2, 0) is 4.79 Å². The van der Waals surface area contributed by atoms with Gasteiger partial charge in [0.05, 0.1) is 0 Å². The Labute approximate surface area is 104 Å². The molecule has 88 valence electrons. The molecule has 0 aromatic carbocycles. The Morgan fingerprint density at radius 1 is 1.65 bits per heavy atom. The minimum Gasteiger partial charge on any atom is -0.329 e. The van der Waals surface area contributed by atoms with E-state index in [-0.39, 0.29) is 5.91 Å². The predicted octanol–water partition coefficient (Wildman–Crippen LogP) is 1.54. The van der Waals surface area contributed by atoms with Crippen molar-refractivity contribution < 1.29 is 4.79 Å². The van der Waals surface area contributed by atoms with E-state index in [1.165, 1.54) is 6.92 Å². The van der Waals surface area contributed by atoms with Gasteiger partial charge in [-0.25, -0.2) is 5.26 Å².